The van der Waals surface area contributed by atoms with Crippen molar-refractivity contribution >= 4 is 5.91 Å². The van der Waals surface area contributed by atoms with Gasteiger partial charge in [0.15, 0.2) is 0 Å². The van der Waals surface area contributed by atoms with Crippen molar-refractivity contribution in [3.05, 3.63) is 54.1 Å². The molecule has 1 aromatic heterocycles. The molecule has 2 fully saturated rings. The number of ether oxygens (including phenoxy) is 2. The minimum Gasteiger partial charge on any atom is -0.463 e. The molecular formula is C20H22FN3O3. The van der Waals surface area contributed by atoms with Gasteiger partial charge >= 0.3 is 6.01 Å². The summed E-state index contributed by atoms with van der Waals surface area (Å²) in [6, 6.07) is 7.97. The smallest absolute Gasteiger partial charge is 0.316 e. The average molecular weight is 371 g/mol. The Bertz CT molecular complexity index is 796. The minimum atomic E-state index is -0.396. The van der Waals surface area contributed by atoms with Crippen LogP contribution in [-0.2, 0) is 4.74 Å². The highest BCUT2D eigenvalue weighted by molar-refractivity contribution is 5.94. The van der Waals surface area contributed by atoms with Crippen molar-refractivity contribution in [2.75, 3.05) is 26.3 Å². The molecule has 0 aliphatic carbocycles. The van der Waals surface area contributed by atoms with E-state index in [9.17, 15) is 9.18 Å². The van der Waals surface area contributed by atoms with Gasteiger partial charge in [-0.25, -0.2) is 14.4 Å². The summed E-state index contributed by atoms with van der Waals surface area (Å²) >= 11 is 0. The summed E-state index contributed by atoms with van der Waals surface area (Å²) < 4.78 is 24.9. The Labute approximate surface area is 157 Å². The summed E-state index contributed by atoms with van der Waals surface area (Å²) in [5.41, 5.74) is 0.114. The standard InChI is InChI=1S/C20H22FN3O3/c21-17-4-1-3-16(11-17)18(25)24-13-20(14-24)12-15(6-10-27-20)5-9-26-19-22-7-2-8-23-19/h1-4,7-8,11,15H,5-6,9-10,12-14H2/t15-/m0/s1. The fraction of sp³-hybridized carbons (Fsp3) is 0.450. The predicted molar refractivity (Wildman–Crippen MR) is 95.9 cm³/mol. The summed E-state index contributed by atoms with van der Waals surface area (Å²) in [4.78, 5) is 22.3. The quantitative estimate of drug-likeness (QED) is 0.809. The molecule has 2 aliphatic heterocycles. The van der Waals surface area contributed by atoms with Crippen LogP contribution in [0.5, 0.6) is 6.01 Å². The Balaban J connectivity index is 1.27. The van der Waals surface area contributed by atoms with Gasteiger partial charge in [0.2, 0.25) is 0 Å². The number of carbonyl (C=O) groups is 1. The van der Waals surface area contributed by atoms with Gasteiger partial charge in [-0.05, 0) is 49.4 Å². The van der Waals surface area contributed by atoms with E-state index >= 15 is 0 Å². The largest absolute Gasteiger partial charge is 0.463 e. The highest BCUT2D eigenvalue weighted by Crippen LogP contribution is 2.38. The fourth-order valence-electron chi connectivity index (χ4n) is 3.87. The highest BCUT2D eigenvalue weighted by Gasteiger charge is 2.49. The molecule has 1 atom stereocenters. The van der Waals surface area contributed by atoms with Crippen molar-refractivity contribution in [3.8, 4) is 6.01 Å². The molecule has 4 rings (SSSR count). The first-order valence-electron chi connectivity index (χ1n) is 9.22. The number of hydrogen-bond donors (Lipinski definition) is 0. The zero-order valence-corrected chi connectivity index (χ0v) is 15.0. The third-order valence-electron chi connectivity index (χ3n) is 5.21. The topological polar surface area (TPSA) is 64.6 Å². The molecule has 3 heterocycles. The van der Waals surface area contributed by atoms with Crippen molar-refractivity contribution in [1.82, 2.24) is 14.9 Å². The van der Waals surface area contributed by atoms with Crippen molar-refractivity contribution in [3.63, 3.8) is 0 Å². The summed E-state index contributed by atoms with van der Waals surface area (Å²) in [7, 11) is 0. The second-order valence-electron chi connectivity index (χ2n) is 7.23. The summed E-state index contributed by atoms with van der Waals surface area (Å²) in [5, 5.41) is 0. The number of amides is 1. The number of hydrogen-bond acceptors (Lipinski definition) is 5. The van der Waals surface area contributed by atoms with Crippen LogP contribution in [0.25, 0.3) is 0 Å². The van der Waals surface area contributed by atoms with Gasteiger partial charge in [0.25, 0.3) is 5.91 Å². The number of halogens is 1. The van der Waals surface area contributed by atoms with E-state index in [2.05, 4.69) is 9.97 Å². The SMILES string of the molecule is O=C(c1cccc(F)c1)N1CC2(C[C@@H](CCOc3ncccn3)CCO2)C1. The molecule has 7 heteroatoms. The predicted octanol–water partition coefficient (Wildman–Crippen LogP) is 2.71. The average Bonchev–Trinajstić information content (AvgIpc) is 2.66. The van der Waals surface area contributed by atoms with Gasteiger partial charge in [-0.15, -0.1) is 0 Å². The molecule has 27 heavy (non-hydrogen) atoms. The zero-order chi connectivity index (χ0) is 18.7. The lowest BCUT2D eigenvalue weighted by Crippen LogP contribution is -2.66. The van der Waals surface area contributed by atoms with Gasteiger partial charge in [-0.2, -0.15) is 0 Å². The highest BCUT2D eigenvalue weighted by atomic mass is 19.1. The molecule has 0 unspecified atom stereocenters. The van der Waals surface area contributed by atoms with Crippen LogP contribution in [0.1, 0.15) is 29.6 Å². The molecule has 2 aliphatic rings. The summed E-state index contributed by atoms with van der Waals surface area (Å²) in [6.45, 7) is 2.37. The minimum absolute atomic E-state index is 0.143. The monoisotopic (exact) mass is 371 g/mol. The second-order valence-corrected chi connectivity index (χ2v) is 7.23. The lowest BCUT2D eigenvalue weighted by Gasteiger charge is -2.53. The molecule has 2 saturated heterocycles. The first kappa shape index (κ1) is 17.9. The van der Waals surface area contributed by atoms with E-state index < -0.39 is 5.82 Å². The van der Waals surface area contributed by atoms with E-state index in [0.717, 1.165) is 19.3 Å². The van der Waals surface area contributed by atoms with E-state index in [1.54, 1.807) is 35.5 Å². The molecule has 1 spiro atoms. The van der Waals surface area contributed by atoms with Gasteiger partial charge in [-0.3, -0.25) is 4.79 Å². The fourth-order valence-corrected chi connectivity index (χ4v) is 3.87. The van der Waals surface area contributed by atoms with Crippen LogP contribution in [0, 0.1) is 11.7 Å². The second kappa shape index (κ2) is 7.60. The van der Waals surface area contributed by atoms with Crippen LogP contribution >= 0.6 is 0 Å². The molecule has 0 N–H and O–H groups in total. The van der Waals surface area contributed by atoms with Crippen LogP contribution < -0.4 is 4.74 Å². The Kier molecular flexibility index (Phi) is 5.03. The molecule has 0 radical (unpaired) electrons. The van der Waals surface area contributed by atoms with Gasteiger partial charge in [0.1, 0.15) is 11.4 Å². The Morgan fingerprint density at radius 1 is 1.30 bits per heavy atom. The maximum atomic E-state index is 13.3. The summed E-state index contributed by atoms with van der Waals surface area (Å²) in [5.74, 6) is -0.0586. The number of rotatable bonds is 5. The van der Waals surface area contributed by atoms with Crippen molar-refractivity contribution in [2.24, 2.45) is 5.92 Å². The number of nitrogens with zero attached hydrogens (tertiary/aromatic N) is 3. The van der Waals surface area contributed by atoms with Gasteiger partial charge in [0, 0.05) is 24.6 Å². The van der Waals surface area contributed by atoms with E-state index in [4.69, 9.17) is 9.47 Å². The molecular weight excluding hydrogens is 349 g/mol. The molecule has 142 valence electrons. The molecule has 1 aromatic carbocycles. The number of aromatic nitrogens is 2. The Hall–Kier alpha value is -2.54. The van der Waals surface area contributed by atoms with E-state index in [-0.39, 0.29) is 11.5 Å². The van der Waals surface area contributed by atoms with Crippen LogP contribution in [0.4, 0.5) is 4.39 Å². The van der Waals surface area contributed by atoms with Gasteiger partial charge in [-0.1, -0.05) is 6.07 Å². The van der Waals surface area contributed by atoms with Crippen molar-refractivity contribution in [2.45, 2.75) is 24.9 Å². The summed E-state index contributed by atoms with van der Waals surface area (Å²) in [6.07, 6.45) is 6.10. The third-order valence-corrected chi connectivity index (χ3v) is 5.21. The van der Waals surface area contributed by atoms with Crippen LogP contribution in [-0.4, -0.2) is 52.7 Å². The first-order valence-corrected chi connectivity index (χ1v) is 9.22. The molecule has 2 aromatic rings. The van der Waals surface area contributed by atoms with Crippen LogP contribution in [0.3, 0.4) is 0 Å². The van der Waals surface area contributed by atoms with E-state index in [1.165, 1.54) is 12.1 Å². The Morgan fingerprint density at radius 3 is 2.89 bits per heavy atom. The van der Waals surface area contributed by atoms with Gasteiger partial charge in [0.05, 0.1) is 19.7 Å². The maximum Gasteiger partial charge on any atom is 0.316 e. The maximum absolute atomic E-state index is 13.3. The molecule has 1 amide bonds. The van der Waals surface area contributed by atoms with Gasteiger partial charge < -0.3 is 14.4 Å². The molecule has 6 nitrogen and oxygen atoms in total. The van der Waals surface area contributed by atoms with E-state index in [1.807, 2.05) is 0 Å². The van der Waals surface area contributed by atoms with Crippen molar-refractivity contribution < 1.29 is 18.7 Å². The lowest BCUT2D eigenvalue weighted by atomic mass is 9.79. The first-order chi connectivity index (χ1) is 13.1. The van der Waals surface area contributed by atoms with E-state index in [0.29, 0.717) is 43.8 Å². The van der Waals surface area contributed by atoms with Crippen molar-refractivity contribution in [1.29, 1.82) is 0 Å². The lowest BCUT2D eigenvalue weighted by molar-refractivity contribution is -0.166. The van der Waals surface area contributed by atoms with Crippen LogP contribution in [0.15, 0.2) is 42.7 Å². The third kappa shape index (κ3) is 4.08. The molecule has 0 bridgehead atoms. The number of carbonyl (C=O) groups excluding carboxylic acids is 1. The van der Waals surface area contributed by atoms with Crippen LogP contribution in [0.2, 0.25) is 0 Å². The normalized spacial score (nSPS) is 20.9. The number of likely N-dealkylation sites (tertiary alicyclic amines) is 1. The zero-order valence-electron chi connectivity index (χ0n) is 15.0. The molecule has 0 saturated carbocycles. The Morgan fingerprint density at radius 2 is 2.11 bits per heavy atom. The number of benzene rings is 1.